The standard InChI is InChI=1S/C19H26N2O2S/c22-18(20-11-5-13-21-12-4-10-19(21)23)14-24-17-9-3-7-15-6-1-2-8-16(15)17/h1-2,6,8,17H,3-5,7,9-14H2,(H,20,22). The molecular formula is C19H26N2O2S. The van der Waals surface area contributed by atoms with E-state index in [1.54, 1.807) is 11.8 Å². The van der Waals surface area contributed by atoms with Crippen molar-refractivity contribution in [2.75, 3.05) is 25.4 Å². The van der Waals surface area contributed by atoms with E-state index in [-0.39, 0.29) is 11.8 Å². The van der Waals surface area contributed by atoms with Crippen molar-refractivity contribution < 1.29 is 9.59 Å². The Balaban J connectivity index is 1.35. The largest absolute Gasteiger partial charge is 0.355 e. The molecule has 4 nitrogen and oxygen atoms in total. The van der Waals surface area contributed by atoms with Crippen molar-refractivity contribution in [2.45, 2.75) is 43.8 Å². The third-order valence-electron chi connectivity index (χ3n) is 4.83. The quantitative estimate of drug-likeness (QED) is 0.772. The number of carbonyl (C=O) groups is 2. The van der Waals surface area contributed by atoms with Gasteiger partial charge in [-0.25, -0.2) is 0 Å². The van der Waals surface area contributed by atoms with Crippen molar-refractivity contribution in [1.29, 1.82) is 0 Å². The number of rotatable bonds is 7. The minimum Gasteiger partial charge on any atom is -0.355 e. The Labute approximate surface area is 148 Å². The first-order valence-corrected chi connectivity index (χ1v) is 10.0. The highest BCUT2D eigenvalue weighted by Gasteiger charge is 2.21. The zero-order chi connectivity index (χ0) is 16.8. The lowest BCUT2D eigenvalue weighted by molar-refractivity contribution is -0.127. The minimum absolute atomic E-state index is 0.107. The van der Waals surface area contributed by atoms with Gasteiger partial charge in [-0.3, -0.25) is 9.59 Å². The van der Waals surface area contributed by atoms with E-state index in [0.717, 1.165) is 38.8 Å². The lowest BCUT2D eigenvalue weighted by Crippen LogP contribution is -2.31. The number of likely N-dealkylation sites (tertiary alicyclic amines) is 1. The number of nitrogens with zero attached hydrogens (tertiary/aromatic N) is 1. The predicted octanol–water partition coefficient (Wildman–Crippen LogP) is 2.93. The molecule has 1 aromatic rings. The van der Waals surface area contributed by atoms with Gasteiger partial charge in [0.05, 0.1) is 5.75 Å². The van der Waals surface area contributed by atoms with E-state index in [9.17, 15) is 9.59 Å². The molecule has 1 aromatic carbocycles. The normalized spacial score (nSPS) is 20.1. The molecule has 0 aromatic heterocycles. The molecule has 1 aliphatic heterocycles. The van der Waals surface area contributed by atoms with Crippen molar-refractivity contribution in [2.24, 2.45) is 0 Å². The van der Waals surface area contributed by atoms with Crippen LogP contribution in [0.4, 0.5) is 0 Å². The second kappa shape index (κ2) is 8.56. The molecule has 0 spiro atoms. The molecule has 0 radical (unpaired) electrons. The summed E-state index contributed by atoms with van der Waals surface area (Å²) < 4.78 is 0. The first-order chi connectivity index (χ1) is 11.7. The van der Waals surface area contributed by atoms with E-state index in [0.29, 0.717) is 24.0 Å². The lowest BCUT2D eigenvalue weighted by Gasteiger charge is -2.24. The first kappa shape index (κ1) is 17.3. The van der Waals surface area contributed by atoms with Gasteiger partial charge >= 0.3 is 0 Å². The number of carbonyl (C=O) groups excluding carboxylic acids is 2. The van der Waals surface area contributed by atoms with Gasteiger partial charge < -0.3 is 10.2 Å². The molecular weight excluding hydrogens is 320 g/mol. The molecule has 1 saturated heterocycles. The average Bonchev–Trinajstić information content (AvgIpc) is 3.02. The van der Waals surface area contributed by atoms with Gasteiger partial charge in [-0.05, 0) is 43.2 Å². The molecule has 2 aliphatic rings. The summed E-state index contributed by atoms with van der Waals surface area (Å²) in [6.45, 7) is 2.30. The van der Waals surface area contributed by atoms with Crippen LogP contribution >= 0.6 is 11.8 Å². The molecule has 5 heteroatoms. The van der Waals surface area contributed by atoms with Gasteiger partial charge in [0, 0.05) is 31.3 Å². The number of benzene rings is 1. The van der Waals surface area contributed by atoms with Crippen LogP contribution in [0.2, 0.25) is 0 Å². The molecule has 0 bridgehead atoms. The van der Waals surface area contributed by atoms with Crippen LogP contribution in [0.15, 0.2) is 24.3 Å². The molecule has 130 valence electrons. The molecule has 1 N–H and O–H groups in total. The van der Waals surface area contributed by atoms with Crippen molar-refractivity contribution in [3.63, 3.8) is 0 Å². The van der Waals surface area contributed by atoms with E-state index in [4.69, 9.17) is 0 Å². The summed E-state index contributed by atoms with van der Waals surface area (Å²) in [7, 11) is 0. The monoisotopic (exact) mass is 346 g/mol. The van der Waals surface area contributed by atoms with Crippen LogP contribution < -0.4 is 5.32 Å². The van der Waals surface area contributed by atoms with Gasteiger partial charge in [0.2, 0.25) is 11.8 Å². The highest BCUT2D eigenvalue weighted by Crippen LogP contribution is 2.39. The Morgan fingerprint density at radius 2 is 2.12 bits per heavy atom. The molecule has 1 heterocycles. The summed E-state index contributed by atoms with van der Waals surface area (Å²) in [4.78, 5) is 25.5. The minimum atomic E-state index is 0.107. The molecule has 0 saturated carbocycles. The SMILES string of the molecule is O=C(CSC1CCCc2ccccc21)NCCCN1CCCC1=O. The number of fused-ring (bicyclic) bond motifs is 1. The second-order valence-corrected chi connectivity index (χ2v) is 7.77. The molecule has 1 atom stereocenters. The molecule has 1 unspecified atom stereocenters. The van der Waals surface area contributed by atoms with Gasteiger partial charge in [0.1, 0.15) is 0 Å². The average molecular weight is 346 g/mol. The smallest absolute Gasteiger partial charge is 0.230 e. The molecule has 2 amide bonds. The van der Waals surface area contributed by atoms with E-state index >= 15 is 0 Å². The van der Waals surface area contributed by atoms with Crippen LogP contribution in [-0.2, 0) is 16.0 Å². The summed E-state index contributed by atoms with van der Waals surface area (Å²) in [5.74, 6) is 0.880. The first-order valence-electron chi connectivity index (χ1n) is 8.98. The fraction of sp³-hybridized carbons (Fsp3) is 0.579. The summed E-state index contributed by atoms with van der Waals surface area (Å²) in [6, 6.07) is 8.61. The summed E-state index contributed by atoms with van der Waals surface area (Å²) >= 11 is 1.76. The number of thioether (sulfide) groups is 1. The highest BCUT2D eigenvalue weighted by atomic mass is 32.2. The van der Waals surface area contributed by atoms with Gasteiger partial charge in [-0.2, -0.15) is 0 Å². The van der Waals surface area contributed by atoms with Crippen LogP contribution in [0.5, 0.6) is 0 Å². The fourth-order valence-corrected chi connectivity index (χ4v) is 4.75. The van der Waals surface area contributed by atoms with E-state index in [2.05, 4.69) is 29.6 Å². The lowest BCUT2D eigenvalue weighted by atomic mass is 9.91. The van der Waals surface area contributed by atoms with Crippen LogP contribution in [-0.4, -0.2) is 42.1 Å². The van der Waals surface area contributed by atoms with E-state index in [1.807, 2.05) is 4.90 Å². The summed E-state index contributed by atoms with van der Waals surface area (Å²) in [5, 5.41) is 3.43. The van der Waals surface area contributed by atoms with E-state index in [1.165, 1.54) is 17.5 Å². The maximum absolute atomic E-state index is 12.0. The Kier molecular flexibility index (Phi) is 6.18. The summed E-state index contributed by atoms with van der Waals surface area (Å²) in [5.41, 5.74) is 2.85. The number of hydrogen-bond donors (Lipinski definition) is 1. The highest BCUT2D eigenvalue weighted by molar-refractivity contribution is 8.00. The van der Waals surface area contributed by atoms with Crippen molar-refractivity contribution in [1.82, 2.24) is 10.2 Å². The van der Waals surface area contributed by atoms with E-state index < -0.39 is 0 Å². The number of amides is 2. The Morgan fingerprint density at radius 1 is 1.25 bits per heavy atom. The molecule has 1 aliphatic carbocycles. The van der Waals surface area contributed by atoms with Gasteiger partial charge in [0.15, 0.2) is 0 Å². The van der Waals surface area contributed by atoms with Crippen molar-refractivity contribution in [3.8, 4) is 0 Å². The van der Waals surface area contributed by atoms with Gasteiger partial charge in [-0.15, -0.1) is 11.8 Å². The Hall–Kier alpha value is -1.49. The second-order valence-electron chi connectivity index (χ2n) is 6.58. The van der Waals surface area contributed by atoms with Crippen LogP contribution in [0, 0.1) is 0 Å². The van der Waals surface area contributed by atoms with Gasteiger partial charge in [0.25, 0.3) is 0 Å². The number of nitrogens with one attached hydrogen (secondary N) is 1. The summed E-state index contributed by atoms with van der Waals surface area (Å²) in [6.07, 6.45) is 6.03. The van der Waals surface area contributed by atoms with Crippen molar-refractivity contribution in [3.05, 3.63) is 35.4 Å². The maximum Gasteiger partial charge on any atom is 0.230 e. The fourth-order valence-electron chi connectivity index (χ4n) is 3.55. The van der Waals surface area contributed by atoms with Crippen LogP contribution in [0.3, 0.4) is 0 Å². The zero-order valence-corrected chi connectivity index (χ0v) is 14.9. The zero-order valence-electron chi connectivity index (χ0n) is 14.1. The third-order valence-corrected chi connectivity index (χ3v) is 6.15. The number of aryl methyl sites for hydroxylation is 1. The van der Waals surface area contributed by atoms with Crippen LogP contribution in [0.25, 0.3) is 0 Å². The Morgan fingerprint density at radius 3 is 2.96 bits per heavy atom. The molecule has 1 fully saturated rings. The topological polar surface area (TPSA) is 49.4 Å². The third kappa shape index (κ3) is 4.53. The maximum atomic E-state index is 12.0. The predicted molar refractivity (Wildman–Crippen MR) is 98.0 cm³/mol. The molecule has 24 heavy (non-hydrogen) atoms. The Bertz CT molecular complexity index is 590. The molecule has 3 rings (SSSR count). The van der Waals surface area contributed by atoms with Crippen LogP contribution in [0.1, 0.15) is 48.5 Å². The van der Waals surface area contributed by atoms with Crippen molar-refractivity contribution >= 4 is 23.6 Å². The number of hydrogen-bond acceptors (Lipinski definition) is 3. The van der Waals surface area contributed by atoms with Gasteiger partial charge in [-0.1, -0.05) is 24.3 Å².